The van der Waals surface area contributed by atoms with E-state index in [2.05, 4.69) is 11.6 Å². The Labute approximate surface area is 125 Å². The molecule has 2 atom stereocenters. The number of benzene rings is 1. The predicted octanol–water partition coefficient (Wildman–Crippen LogP) is 2.24. The zero-order valence-electron chi connectivity index (χ0n) is 12.1. The average molecular weight is 311 g/mol. The van der Waals surface area contributed by atoms with Crippen molar-refractivity contribution in [3.05, 3.63) is 35.4 Å². The summed E-state index contributed by atoms with van der Waals surface area (Å²) in [6.45, 7) is 2.63. The molecule has 1 aliphatic carbocycles. The molecule has 0 aliphatic heterocycles. The first-order valence-corrected chi connectivity index (χ1v) is 8.82. The summed E-state index contributed by atoms with van der Waals surface area (Å²) < 4.78 is 26.8. The summed E-state index contributed by atoms with van der Waals surface area (Å²) in [6.07, 6.45) is 3.39. The maximum absolute atomic E-state index is 12.1. The number of carbonyl (C=O) groups is 1. The minimum absolute atomic E-state index is 0.104. The van der Waals surface area contributed by atoms with Crippen LogP contribution < -0.4 is 4.72 Å². The summed E-state index contributed by atoms with van der Waals surface area (Å²) in [4.78, 5) is 10.9. The zero-order chi connectivity index (χ0) is 15.5. The lowest BCUT2D eigenvalue weighted by molar-refractivity contribution is 0.0696. The summed E-state index contributed by atoms with van der Waals surface area (Å²) in [7, 11) is -3.43. The normalized spacial score (nSPS) is 22.3. The molecule has 1 fully saturated rings. The fourth-order valence-corrected chi connectivity index (χ4v) is 4.01. The summed E-state index contributed by atoms with van der Waals surface area (Å²) in [6, 6.07) is 6.04. The maximum atomic E-state index is 12.1. The Bertz CT molecular complexity index is 612. The van der Waals surface area contributed by atoms with Crippen molar-refractivity contribution in [3.8, 4) is 0 Å². The van der Waals surface area contributed by atoms with Gasteiger partial charge in [-0.05, 0) is 36.0 Å². The molecule has 0 bridgehead atoms. The molecule has 0 saturated heterocycles. The standard InChI is InChI=1S/C15H21NO4S/c1-11-4-2-7-14(11)9-16-21(19,20)10-12-5-3-6-13(8-12)15(17)18/h3,5-6,8,11,14,16H,2,4,7,9-10H2,1H3,(H,17,18). The maximum Gasteiger partial charge on any atom is 0.335 e. The molecule has 21 heavy (non-hydrogen) atoms. The SMILES string of the molecule is CC1CCCC1CNS(=O)(=O)Cc1cccc(C(=O)O)c1. The average Bonchev–Trinajstić information content (AvgIpc) is 2.82. The molecule has 1 aliphatic rings. The molecule has 0 aromatic heterocycles. The lowest BCUT2D eigenvalue weighted by Crippen LogP contribution is -2.31. The molecule has 0 radical (unpaired) electrons. The van der Waals surface area contributed by atoms with Crippen molar-refractivity contribution < 1.29 is 18.3 Å². The van der Waals surface area contributed by atoms with E-state index >= 15 is 0 Å². The Morgan fingerprint density at radius 3 is 2.76 bits per heavy atom. The van der Waals surface area contributed by atoms with E-state index in [0.29, 0.717) is 23.9 Å². The van der Waals surface area contributed by atoms with Gasteiger partial charge in [0.1, 0.15) is 0 Å². The van der Waals surface area contributed by atoms with E-state index in [-0.39, 0.29) is 11.3 Å². The first kappa shape index (κ1) is 16.0. The van der Waals surface area contributed by atoms with Crippen LogP contribution in [0.5, 0.6) is 0 Å². The van der Waals surface area contributed by atoms with Gasteiger partial charge in [0.15, 0.2) is 0 Å². The number of sulfonamides is 1. The highest BCUT2D eigenvalue weighted by atomic mass is 32.2. The van der Waals surface area contributed by atoms with Crippen molar-refractivity contribution in [1.29, 1.82) is 0 Å². The molecular formula is C15H21NO4S. The minimum atomic E-state index is -3.43. The van der Waals surface area contributed by atoms with E-state index in [1.165, 1.54) is 12.1 Å². The van der Waals surface area contributed by atoms with Gasteiger partial charge in [-0.15, -0.1) is 0 Å². The van der Waals surface area contributed by atoms with Gasteiger partial charge < -0.3 is 5.11 Å². The molecule has 1 aromatic rings. The third kappa shape index (κ3) is 4.54. The molecule has 0 spiro atoms. The molecule has 116 valence electrons. The van der Waals surface area contributed by atoms with Crippen molar-refractivity contribution in [2.45, 2.75) is 31.9 Å². The van der Waals surface area contributed by atoms with Gasteiger partial charge in [0.05, 0.1) is 11.3 Å². The Hall–Kier alpha value is -1.40. The Morgan fingerprint density at radius 2 is 2.14 bits per heavy atom. The molecule has 0 heterocycles. The third-order valence-corrected chi connectivity index (χ3v) is 5.46. The zero-order valence-corrected chi connectivity index (χ0v) is 12.9. The number of rotatable bonds is 6. The van der Waals surface area contributed by atoms with Gasteiger partial charge in [-0.2, -0.15) is 0 Å². The van der Waals surface area contributed by atoms with Crippen molar-refractivity contribution >= 4 is 16.0 Å². The largest absolute Gasteiger partial charge is 0.478 e. The summed E-state index contributed by atoms with van der Waals surface area (Å²) in [5, 5.41) is 8.92. The summed E-state index contributed by atoms with van der Waals surface area (Å²) in [5.74, 6) is -0.273. The van der Waals surface area contributed by atoms with Crippen LogP contribution in [0.4, 0.5) is 0 Å². The quantitative estimate of drug-likeness (QED) is 0.844. The molecule has 6 heteroatoms. The van der Waals surface area contributed by atoms with Gasteiger partial charge >= 0.3 is 5.97 Å². The lowest BCUT2D eigenvalue weighted by atomic mass is 9.99. The fourth-order valence-electron chi connectivity index (χ4n) is 2.82. The number of hydrogen-bond donors (Lipinski definition) is 2. The van der Waals surface area contributed by atoms with E-state index in [4.69, 9.17) is 5.11 Å². The summed E-state index contributed by atoms with van der Waals surface area (Å²) >= 11 is 0. The molecule has 2 rings (SSSR count). The number of aromatic carboxylic acids is 1. The van der Waals surface area contributed by atoms with Crippen LogP contribution in [0.3, 0.4) is 0 Å². The van der Waals surface area contributed by atoms with Crippen LogP contribution in [0.1, 0.15) is 42.1 Å². The topological polar surface area (TPSA) is 83.5 Å². The lowest BCUT2D eigenvalue weighted by Gasteiger charge is -2.16. The highest BCUT2D eigenvalue weighted by Gasteiger charge is 2.24. The van der Waals surface area contributed by atoms with Gasteiger partial charge in [0.2, 0.25) is 10.0 Å². The van der Waals surface area contributed by atoms with E-state index in [9.17, 15) is 13.2 Å². The highest BCUT2D eigenvalue weighted by molar-refractivity contribution is 7.88. The van der Waals surface area contributed by atoms with Crippen LogP contribution in [0.15, 0.2) is 24.3 Å². The molecular weight excluding hydrogens is 290 g/mol. The number of hydrogen-bond acceptors (Lipinski definition) is 3. The second-order valence-corrected chi connectivity index (χ2v) is 7.59. The monoisotopic (exact) mass is 311 g/mol. The van der Waals surface area contributed by atoms with Crippen molar-refractivity contribution in [2.75, 3.05) is 6.54 Å². The van der Waals surface area contributed by atoms with E-state index in [1.807, 2.05) is 0 Å². The van der Waals surface area contributed by atoms with E-state index in [1.54, 1.807) is 12.1 Å². The Morgan fingerprint density at radius 1 is 1.38 bits per heavy atom. The van der Waals surface area contributed by atoms with E-state index < -0.39 is 16.0 Å². The van der Waals surface area contributed by atoms with Gasteiger partial charge in [0, 0.05) is 6.54 Å². The molecule has 0 amide bonds. The van der Waals surface area contributed by atoms with Crippen molar-refractivity contribution in [1.82, 2.24) is 4.72 Å². The highest BCUT2D eigenvalue weighted by Crippen LogP contribution is 2.30. The van der Waals surface area contributed by atoms with Crippen molar-refractivity contribution in [3.63, 3.8) is 0 Å². The first-order valence-electron chi connectivity index (χ1n) is 7.17. The van der Waals surface area contributed by atoms with Crippen LogP contribution in [0.25, 0.3) is 0 Å². The minimum Gasteiger partial charge on any atom is -0.478 e. The predicted molar refractivity (Wildman–Crippen MR) is 80.5 cm³/mol. The van der Waals surface area contributed by atoms with Gasteiger partial charge in [-0.3, -0.25) is 0 Å². The van der Waals surface area contributed by atoms with Crippen molar-refractivity contribution in [2.24, 2.45) is 11.8 Å². The van der Waals surface area contributed by atoms with Crippen LogP contribution in [-0.2, 0) is 15.8 Å². The van der Waals surface area contributed by atoms with Crippen LogP contribution in [0, 0.1) is 11.8 Å². The number of carboxylic acid groups (broad SMARTS) is 1. The van der Waals surface area contributed by atoms with E-state index in [0.717, 1.165) is 19.3 Å². The Balaban J connectivity index is 1.97. The first-order chi connectivity index (χ1) is 9.87. The molecule has 1 saturated carbocycles. The second-order valence-electron chi connectivity index (χ2n) is 5.78. The smallest absolute Gasteiger partial charge is 0.335 e. The van der Waals surface area contributed by atoms with Crippen LogP contribution in [0.2, 0.25) is 0 Å². The van der Waals surface area contributed by atoms with Crippen LogP contribution >= 0.6 is 0 Å². The number of nitrogens with one attached hydrogen (secondary N) is 1. The van der Waals surface area contributed by atoms with Gasteiger partial charge in [0.25, 0.3) is 0 Å². The summed E-state index contributed by atoms with van der Waals surface area (Å²) in [5.41, 5.74) is 0.592. The molecule has 5 nitrogen and oxygen atoms in total. The molecule has 2 unspecified atom stereocenters. The molecule has 1 aromatic carbocycles. The number of carboxylic acids is 1. The van der Waals surface area contributed by atoms with Gasteiger partial charge in [-0.25, -0.2) is 17.9 Å². The second kappa shape index (κ2) is 6.58. The third-order valence-electron chi connectivity index (χ3n) is 4.14. The van der Waals surface area contributed by atoms with Gasteiger partial charge in [-0.1, -0.05) is 31.9 Å². The molecule has 2 N–H and O–H groups in total. The fraction of sp³-hybridized carbons (Fsp3) is 0.533. The Kier molecular flexibility index (Phi) is 5.00. The van der Waals surface area contributed by atoms with Crippen LogP contribution in [-0.4, -0.2) is 26.0 Å².